The topological polar surface area (TPSA) is 0 Å². The highest BCUT2D eigenvalue weighted by molar-refractivity contribution is 7.38. The maximum Gasteiger partial charge on any atom is 0.0789 e. The van der Waals surface area contributed by atoms with Crippen LogP contribution in [0, 0.1) is 11.8 Å². The number of aryl methyl sites for hydroxylation is 1. The SMILES string of the molecule is CCCCCCCCC#Cc1cc2sc3c(CCCCCCCCCC)csc3c2s1. The van der Waals surface area contributed by atoms with Gasteiger partial charge >= 0.3 is 0 Å². The molecule has 0 saturated carbocycles. The summed E-state index contributed by atoms with van der Waals surface area (Å²) >= 11 is 5.87. The fourth-order valence-electron chi connectivity index (χ4n) is 4.20. The minimum atomic E-state index is 1.05. The van der Waals surface area contributed by atoms with Crippen molar-refractivity contribution >= 4 is 52.8 Å². The van der Waals surface area contributed by atoms with Gasteiger partial charge in [-0.2, -0.15) is 0 Å². The van der Waals surface area contributed by atoms with Crippen LogP contribution in [0.15, 0.2) is 11.4 Å². The summed E-state index contributed by atoms with van der Waals surface area (Å²) in [5.74, 6) is 6.86. The summed E-state index contributed by atoms with van der Waals surface area (Å²) in [6, 6.07) is 2.34. The second-order valence-corrected chi connectivity index (χ2v) is 11.9. The minimum absolute atomic E-state index is 1.05. The summed E-state index contributed by atoms with van der Waals surface area (Å²) < 4.78 is 6.01. The van der Waals surface area contributed by atoms with Gasteiger partial charge in [-0.05, 0) is 36.3 Å². The number of rotatable bonds is 15. The molecule has 170 valence electrons. The first kappa shape index (κ1) is 24.8. The summed E-state index contributed by atoms with van der Waals surface area (Å²) in [6.45, 7) is 4.57. The number of thiophene rings is 3. The first-order valence-corrected chi connectivity index (χ1v) is 15.3. The van der Waals surface area contributed by atoms with Gasteiger partial charge < -0.3 is 0 Å². The van der Waals surface area contributed by atoms with Crippen molar-refractivity contribution in [2.75, 3.05) is 0 Å². The van der Waals surface area contributed by atoms with Crippen LogP contribution >= 0.6 is 34.0 Å². The summed E-state index contributed by atoms with van der Waals surface area (Å²) in [5, 5.41) is 2.42. The molecular formula is C28H40S3. The van der Waals surface area contributed by atoms with Crippen molar-refractivity contribution in [2.45, 2.75) is 117 Å². The van der Waals surface area contributed by atoms with Gasteiger partial charge in [-0.3, -0.25) is 0 Å². The standard InChI is InChI=1S/C28H40S3/c1-3-5-7-9-11-13-15-17-19-23-22-29-28-26(23)31-25-21-24(30-27(25)28)20-18-16-14-12-10-8-6-4-2/h21-22H,3-17,19H2,1-2H3. The molecule has 3 heterocycles. The van der Waals surface area contributed by atoms with E-state index in [4.69, 9.17) is 0 Å². The monoisotopic (exact) mass is 472 g/mol. The first-order valence-electron chi connectivity index (χ1n) is 12.7. The molecule has 0 saturated heterocycles. The molecule has 0 unspecified atom stereocenters. The average molecular weight is 473 g/mol. The summed E-state index contributed by atoms with van der Waals surface area (Å²) in [7, 11) is 0. The van der Waals surface area contributed by atoms with Crippen molar-refractivity contribution in [3.63, 3.8) is 0 Å². The zero-order chi connectivity index (χ0) is 21.7. The largest absolute Gasteiger partial charge is 0.141 e. The molecule has 3 aromatic heterocycles. The number of hydrogen-bond acceptors (Lipinski definition) is 3. The van der Waals surface area contributed by atoms with Crippen LogP contribution in [0.3, 0.4) is 0 Å². The van der Waals surface area contributed by atoms with Gasteiger partial charge in [0.15, 0.2) is 0 Å². The van der Waals surface area contributed by atoms with E-state index >= 15 is 0 Å². The van der Waals surface area contributed by atoms with Crippen molar-refractivity contribution in [3.05, 3.63) is 21.9 Å². The molecule has 0 aromatic carbocycles. The lowest BCUT2D eigenvalue weighted by Gasteiger charge is -2.01. The van der Waals surface area contributed by atoms with Gasteiger partial charge in [0, 0.05) is 11.1 Å². The molecule has 3 heteroatoms. The Kier molecular flexibility index (Phi) is 11.5. The summed E-state index contributed by atoms with van der Waals surface area (Å²) in [6.07, 6.45) is 21.6. The van der Waals surface area contributed by atoms with Gasteiger partial charge in [0.25, 0.3) is 0 Å². The van der Waals surface area contributed by atoms with Crippen LogP contribution in [-0.4, -0.2) is 0 Å². The number of unbranched alkanes of at least 4 members (excludes halogenated alkanes) is 13. The molecule has 3 rings (SSSR count). The third-order valence-electron chi connectivity index (χ3n) is 6.10. The highest BCUT2D eigenvalue weighted by Crippen LogP contribution is 2.44. The first-order chi connectivity index (χ1) is 15.3. The second kappa shape index (κ2) is 14.4. The maximum absolute atomic E-state index is 3.44. The predicted octanol–water partition coefficient (Wildman–Crippen LogP) is 11.0. The fourth-order valence-corrected chi connectivity index (χ4v) is 8.17. The Balaban J connectivity index is 1.44. The molecule has 31 heavy (non-hydrogen) atoms. The van der Waals surface area contributed by atoms with E-state index in [1.54, 1.807) is 10.3 Å². The van der Waals surface area contributed by atoms with E-state index < -0.39 is 0 Å². The molecule has 0 atom stereocenters. The van der Waals surface area contributed by atoms with Crippen LogP contribution in [0.1, 0.15) is 121 Å². The molecule has 0 radical (unpaired) electrons. The number of fused-ring (bicyclic) bond motifs is 3. The molecule has 0 aliphatic carbocycles. The maximum atomic E-state index is 3.44. The van der Waals surface area contributed by atoms with Gasteiger partial charge in [-0.25, -0.2) is 0 Å². The quantitative estimate of drug-likeness (QED) is 0.152. The van der Waals surface area contributed by atoms with E-state index in [9.17, 15) is 0 Å². The lowest BCUT2D eigenvalue weighted by Crippen LogP contribution is -1.84. The van der Waals surface area contributed by atoms with E-state index in [1.807, 2.05) is 34.0 Å². The van der Waals surface area contributed by atoms with Crippen LogP contribution in [0.25, 0.3) is 18.8 Å². The van der Waals surface area contributed by atoms with Gasteiger partial charge in [-0.15, -0.1) is 34.0 Å². The van der Waals surface area contributed by atoms with E-state index in [2.05, 4.69) is 37.1 Å². The second-order valence-electron chi connectivity index (χ2n) is 8.87. The summed E-state index contributed by atoms with van der Waals surface area (Å²) in [5.41, 5.74) is 1.59. The van der Waals surface area contributed by atoms with Crippen molar-refractivity contribution in [3.8, 4) is 11.8 Å². The van der Waals surface area contributed by atoms with E-state index in [0.717, 1.165) is 6.42 Å². The van der Waals surface area contributed by atoms with Crippen LogP contribution in [0.2, 0.25) is 0 Å². The Labute approximate surface area is 202 Å². The highest BCUT2D eigenvalue weighted by Gasteiger charge is 2.13. The van der Waals surface area contributed by atoms with E-state index in [0.29, 0.717) is 0 Å². The molecule has 0 nitrogen and oxygen atoms in total. The Morgan fingerprint density at radius 1 is 0.677 bits per heavy atom. The molecule has 0 fully saturated rings. The van der Waals surface area contributed by atoms with Gasteiger partial charge in [0.1, 0.15) is 0 Å². The van der Waals surface area contributed by atoms with Gasteiger partial charge in [0.2, 0.25) is 0 Å². The average Bonchev–Trinajstić information content (AvgIpc) is 3.43. The zero-order valence-corrected chi connectivity index (χ0v) is 22.1. The van der Waals surface area contributed by atoms with E-state index in [-0.39, 0.29) is 0 Å². The predicted molar refractivity (Wildman–Crippen MR) is 146 cm³/mol. The zero-order valence-electron chi connectivity index (χ0n) is 19.7. The lowest BCUT2D eigenvalue weighted by molar-refractivity contribution is 0.576. The molecule has 0 spiro atoms. The smallest absolute Gasteiger partial charge is 0.0789 e. The normalized spacial score (nSPS) is 11.4. The molecule has 0 amide bonds. The van der Waals surface area contributed by atoms with Crippen molar-refractivity contribution in [2.24, 2.45) is 0 Å². The Bertz CT molecular complexity index is 944. The Morgan fingerprint density at radius 2 is 1.32 bits per heavy atom. The van der Waals surface area contributed by atoms with Crippen LogP contribution in [-0.2, 0) is 6.42 Å². The third kappa shape index (κ3) is 7.92. The third-order valence-corrected chi connectivity index (χ3v) is 9.81. The molecule has 0 N–H and O–H groups in total. The minimum Gasteiger partial charge on any atom is -0.141 e. The van der Waals surface area contributed by atoms with Crippen molar-refractivity contribution in [1.82, 2.24) is 0 Å². The Morgan fingerprint density at radius 3 is 2.03 bits per heavy atom. The lowest BCUT2D eigenvalue weighted by atomic mass is 10.1. The molecule has 3 aromatic rings. The van der Waals surface area contributed by atoms with Crippen molar-refractivity contribution < 1.29 is 0 Å². The molecular weight excluding hydrogens is 433 g/mol. The van der Waals surface area contributed by atoms with E-state index in [1.165, 1.54) is 115 Å². The molecule has 0 aliphatic rings. The van der Waals surface area contributed by atoms with Crippen molar-refractivity contribution in [1.29, 1.82) is 0 Å². The highest BCUT2D eigenvalue weighted by atomic mass is 32.1. The molecule has 0 aliphatic heterocycles. The van der Waals surface area contributed by atoms with Crippen LogP contribution in [0.5, 0.6) is 0 Å². The Hall–Kier alpha value is -0.820. The molecule has 0 bridgehead atoms. The van der Waals surface area contributed by atoms with Crippen LogP contribution < -0.4 is 0 Å². The van der Waals surface area contributed by atoms with Gasteiger partial charge in [0.05, 0.1) is 19.0 Å². The van der Waals surface area contributed by atoms with Gasteiger partial charge in [-0.1, -0.05) is 103 Å². The summed E-state index contributed by atoms with van der Waals surface area (Å²) in [4.78, 5) is 1.26. The fraction of sp³-hybridized carbons (Fsp3) is 0.643. The van der Waals surface area contributed by atoms with Crippen LogP contribution in [0.4, 0.5) is 0 Å². The number of hydrogen-bond donors (Lipinski definition) is 0.